The highest BCUT2D eigenvalue weighted by molar-refractivity contribution is 5.90. The monoisotopic (exact) mass is 375 g/mol. The molecular weight excluding hydrogens is 350 g/mol. The van der Waals surface area contributed by atoms with Crippen LogP contribution in [0.1, 0.15) is 27.2 Å². The molecule has 0 saturated heterocycles. The number of rotatable bonds is 6. The first-order chi connectivity index (χ1) is 12.7. The van der Waals surface area contributed by atoms with Gasteiger partial charge in [-0.2, -0.15) is 0 Å². The molecule has 2 atom stereocenters. The number of nitrogens with zero attached hydrogens (tertiary/aromatic N) is 2. The standard InChI is InChI=1S/C19H25N3O5/c1-5-27-14-10-19(16(24)25,18(14,2)3)20-15(23)11-22-13-9-7-6-8-12(13)21(4)17(22)26/h6-9,14H,5,10-11H2,1-4H3,(H,20,23)(H,24,25). The van der Waals surface area contributed by atoms with E-state index in [1.54, 1.807) is 39.1 Å². The molecule has 8 nitrogen and oxygen atoms in total. The lowest BCUT2D eigenvalue weighted by Crippen LogP contribution is -2.76. The van der Waals surface area contributed by atoms with Gasteiger partial charge in [0, 0.05) is 25.5 Å². The van der Waals surface area contributed by atoms with Crippen molar-refractivity contribution in [1.29, 1.82) is 0 Å². The first kappa shape index (κ1) is 19.2. The highest BCUT2D eigenvalue weighted by atomic mass is 16.5. The number of benzene rings is 1. The van der Waals surface area contributed by atoms with Crippen LogP contribution in [0.5, 0.6) is 0 Å². The quantitative estimate of drug-likeness (QED) is 0.788. The van der Waals surface area contributed by atoms with Crippen molar-refractivity contribution in [3.8, 4) is 0 Å². The van der Waals surface area contributed by atoms with Crippen LogP contribution in [0.15, 0.2) is 29.1 Å². The molecule has 0 bridgehead atoms. The van der Waals surface area contributed by atoms with Crippen LogP contribution in [0.4, 0.5) is 0 Å². The first-order valence-corrected chi connectivity index (χ1v) is 8.96. The van der Waals surface area contributed by atoms with Crippen molar-refractivity contribution in [2.45, 2.75) is 45.4 Å². The van der Waals surface area contributed by atoms with Gasteiger partial charge in [0.2, 0.25) is 5.91 Å². The molecule has 0 aliphatic heterocycles. The molecular formula is C19H25N3O5. The second-order valence-electron chi connectivity index (χ2n) is 7.54. The number of aromatic nitrogens is 2. The average Bonchev–Trinajstić information content (AvgIpc) is 2.85. The predicted octanol–water partition coefficient (Wildman–Crippen LogP) is 1.11. The lowest BCUT2D eigenvalue weighted by atomic mass is 9.54. The normalized spacial score (nSPS) is 23.8. The van der Waals surface area contributed by atoms with Gasteiger partial charge >= 0.3 is 11.7 Å². The van der Waals surface area contributed by atoms with E-state index in [4.69, 9.17) is 4.74 Å². The molecule has 1 aliphatic carbocycles. The molecule has 3 rings (SSSR count). The molecule has 2 unspecified atom stereocenters. The molecule has 1 amide bonds. The van der Waals surface area contributed by atoms with E-state index in [1.165, 1.54) is 9.13 Å². The number of aryl methyl sites for hydroxylation is 1. The van der Waals surface area contributed by atoms with Crippen LogP contribution < -0.4 is 11.0 Å². The fourth-order valence-electron chi connectivity index (χ4n) is 3.97. The van der Waals surface area contributed by atoms with Gasteiger partial charge in [0.15, 0.2) is 0 Å². The van der Waals surface area contributed by atoms with Crippen molar-refractivity contribution in [3.63, 3.8) is 0 Å². The average molecular weight is 375 g/mol. The molecule has 1 heterocycles. The maximum absolute atomic E-state index is 12.7. The number of carboxylic acid groups (broad SMARTS) is 1. The number of amides is 1. The topological polar surface area (TPSA) is 103 Å². The van der Waals surface area contributed by atoms with Crippen LogP contribution in [0.2, 0.25) is 0 Å². The number of fused-ring (bicyclic) bond motifs is 1. The minimum absolute atomic E-state index is 0.194. The van der Waals surface area contributed by atoms with Gasteiger partial charge in [-0.25, -0.2) is 9.59 Å². The number of hydrogen-bond acceptors (Lipinski definition) is 4. The second kappa shape index (κ2) is 6.53. The summed E-state index contributed by atoms with van der Waals surface area (Å²) in [5, 5.41) is 12.5. The van der Waals surface area contributed by atoms with Gasteiger partial charge < -0.3 is 15.2 Å². The van der Waals surface area contributed by atoms with Crippen molar-refractivity contribution >= 4 is 22.9 Å². The second-order valence-corrected chi connectivity index (χ2v) is 7.54. The third-order valence-corrected chi connectivity index (χ3v) is 5.84. The van der Waals surface area contributed by atoms with Gasteiger partial charge in [0.25, 0.3) is 0 Å². The van der Waals surface area contributed by atoms with Gasteiger partial charge in [-0.1, -0.05) is 26.0 Å². The molecule has 1 saturated carbocycles. The van der Waals surface area contributed by atoms with Crippen molar-refractivity contribution < 1.29 is 19.4 Å². The van der Waals surface area contributed by atoms with Crippen LogP contribution in [-0.2, 0) is 27.9 Å². The summed E-state index contributed by atoms with van der Waals surface area (Å²) in [6.07, 6.45) is -0.0570. The minimum Gasteiger partial charge on any atom is -0.479 e. The number of carbonyl (C=O) groups is 2. The third kappa shape index (κ3) is 2.75. The van der Waals surface area contributed by atoms with E-state index >= 15 is 0 Å². The fourth-order valence-corrected chi connectivity index (χ4v) is 3.97. The number of ether oxygens (including phenoxy) is 1. The van der Waals surface area contributed by atoms with Crippen molar-refractivity contribution in [2.75, 3.05) is 6.61 Å². The number of para-hydroxylation sites is 2. The Labute approximate surface area is 156 Å². The minimum atomic E-state index is -1.42. The maximum atomic E-state index is 12.7. The molecule has 27 heavy (non-hydrogen) atoms. The van der Waals surface area contributed by atoms with Crippen LogP contribution in [0.25, 0.3) is 11.0 Å². The van der Waals surface area contributed by atoms with Crippen molar-refractivity contribution in [1.82, 2.24) is 14.5 Å². The van der Waals surface area contributed by atoms with Crippen molar-refractivity contribution in [2.24, 2.45) is 12.5 Å². The Kier molecular flexibility index (Phi) is 4.63. The largest absolute Gasteiger partial charge is 0.479 e. The molecule has 1 aromatic carbocycles. The molecule has 2 N–H and O–H groups in total. The Balaban J connectivity index is 1.87. The zero-order valence-corrected chi connectivity index (χ0v) is 16.0. The molecule has 0 radical (unpaired) electrons. The number of aliphatic carboxylic acids is 1. The summed E-state index contributed by atoms with van der Waals surface area (Å²) in [6.45, 7) is 5.63. The summed E-state index contributed by atoms with van der Waals surface area (Å²) in [4.78, 5) is 37.2. The van der Waals surface area contributed by atoms with Gasteiger partial charge in [0.05, 0.1) is 17.1 Å². The van der Waals surface area contributed by atoms with E-state index in [2.05, 4.69) is 5.32 Å². The molecule has 0 spiro atoms. The Bertz CT molecular complexity index is 958. The van der Waals surface area contributed by atoms with Gasteiger partial charge in [0.1, 0.15) is 12.1 Å². The molecule has 146 valence electrons. The Morgan fingerprint density at radius 2 is 1.93 bits per heavy atom. The highest BCUT2D eigenvalue weighted by Crippen LogP contribution is 2.51. The van der Waals surface area contributed by atoms with Crippen LogP contribution in [-0.4, -0.2) is 44.4 Å². The molecule has 8 heteroatoms. The number of hydrogen-bond donors (Lipinski definition) is 2. The molecule has 1 aromatic heterocycles. The summed E-state index contributed by atoms with van der Waals surface area (Å²) >= 11 is 0. The van der Waals surface area contributed by atoms with Gasteiger partial charge in [-0.15, -0.1) is 0 Å². The summed E-state index contributed by atoms with van der Waals surface area (Å²) in [5.41, 5.74) is -1.17. The fraction of sp³-hybridized carbons (Fsp3) is 0.526. The van der Waals surface area contributed by atoms with Crippen LogP contribution in [0.3, 0.4) is 0 Å². The number of carbonyl (C=O) groups excluding carboxylic acids is 1. The lowest BCUT2D eigenvalue weighted by Gasteiger charge is -2.58. The van der Waals surface area contributed by atoms with Crippen LogP contribution in [0, 0.1) is 5.41 Å². The number of carboxylic acids is 1. The van der Waals surface area contributed by atoms with Crippen molar-refractivity contribution in [3.05, 3.63) is 34.7 Å². The SMILES string of the molecule is CCOC1CC(NC(=O)Cn2c(=O)n(C)c3ccccc32)(C(=O)O)C1(C)C. The number of nitrogens with one attached hydrogen (secondary N) is 1. The zero-order chi connectivity index (χ0) is 20.0. The van der Waals surface area contributed by atoms with E-state index in [9.17, 15) is 19.5 Å². The Morgan fingerprint density at radius 3 is 2.48 bits per heavy atom. The van der Waals surface area contributed by atoms with E-state index in [1.807, 2.05) is 13.0 Å². The van der Waals surface area contributed by atoms with Crippen LogP contribution >= 0.6 is 0 Å². The Hall–Kier alpha value is -2.61. The number of imidazole rings is 1. The summed E-state index contributed by atoms with van der Waals surface area (Å²) in [5.74, 6) is -1.61. The summed E-state index contributed by atoms with van der Waals surface area (Å²) < 4.78 is 8.42. The lowest BCUT2D eigenvalue weighted by molar-refractivity contribution is -0.194. The molecule has 1 aliphatic rings. The highest BCUT2D eigenvalue weighted by Gasteiger charge is 2.66. The zero-order valence-electron chi connectivity index (χ0n) is 16.0. The maximum Gasteiger partial charge on any atom is 0.330 e. The first-order valence-electron chi connectivity index (χ1n) is 8.96. The van der Waals surface area contributed by atoms with Gasteiger partial charge in [-0.3, -0.25) is 13.9 Å². The summed E-state index contributed by atoms with van der Waals surface area (Å²) in [7, 11) is 1.64. The third-order valence-electron chi connectivity index (χ3n) is 5.84. The predicted molar refractivity (Wildman–Crippen MR) is 99.5 cm³/mol. The molecule has 2 aromatic rings. The van der Waals surface area contributed by atoms with E-state index < -0.39 is 22.8 Å². The smallest absolute Gasteiger partial charge is 0.330 e. The van der Waals surface area contributed by atoms with E-state index in [0.717, 1.165) is 0 Å². The van der Waals surface area contributed by atoms with E-state index in [-0.39, 0.29) is 24.8 Å². The summed E-state index contributed by atoms with van der Waals surface area (Å²) in [6, 6.07) is 7.16. The Morgan fingerprint density at radius 1 is 1.30 bits per heavy atom. The van der Waals surface area contributed by atoms with Gasteiger partial charge in [-0.05, 0) is 19.1 Å². The van der Waals surface area contributed by atoms with E-state index in [0.29, 0.717) is 17.6 Å². The molecule has 1 fully saturated rings.